The summed E-state index contributed by atoms with van der Waals surface area (Å²) in [6.45, 7) is 1.24. The van der Waals surface area contributed by atoms with Gasteiger partial charge in [0.05, 0.1) is 6.54 Å². The maximum absolute atomic E-state index is 10.8. The zero-order valence-corrected chi connectivity index (χ0v) is 6.63. The Kier molecular flexibility index (Phi) is 1.48. The van der Waals surface area contributed by atoms with Gasteiger partial charge < -0.3 is 5.73 Å². The van der Waals surface area contributed by atoms with Gasteiger partial charge in [0.15, 0.2) is 0 Å². The number of carbonyl (C=O) groups excluding carboxylic acids is 1. The zero-order chi connectivity index (χ0) is 8.86. The van der Waals surface area contributed by atoms with Crippen LogP contribution in [0.25, 0.3) is 0 Å². The van der Waals surface area contributed by atoms with Crippen LogP contribution in [0.5, 0.6) is 0 Å². The van der Waals surface area contributed by atoms with Crippen molar-refractivity contribution in [3.63, 3.8) is 0 Å². The van der Waals surface area contributed by atoms with Gasteiger partial charge in [-0.3, -0.25) is 9.35 Å². The van der Waals surface area contributed by atoms with Gasteiger partial charge in [0.25, 0.3) is 5.91 Å². The van der Waals surface area contributed by atoms with Crippen molar-refractivity contribution in [2.45, 2.75) is 12.5 Å². The number of carbonyl (C=O) groups is 1. The van der Waals surface area contributed by atoms with Gasteiger partial charge in [-0.05, 0) is 6.92 Å². The summed E-state index contributed by atoms with van der Waals surface area (Å²) in [6.07, 6.45) is 0. The number of hydrogen-bond acceptors (Lipinski definition) is 4. The first-order chi connectivity index (χ1) is 4.75. The molecule has 1 saturated heterocycles. The van der Waals surface area contributed by atoms with Crippen LogP contribution in [0.15, 0.2) is 0 Å². The van der Waals surface area contributed by atoms with Crippen LogP contribution >= 0.6 is 0 Å². The van der Waals surface area contributed by atoms with E-state index in [-0.39, 0.29) is 6.54 Å². The summed E-state index contributed by atoms with van der Waals surface area (Å²) in [4.78, 5) is 10.8. The summed E-state index contributed by atoms with van der Waals surface area (Å²) in [5.41, 5.74) is 4.14. The highest BCUT2D eigenvalue weighted by Gasteiger charge is 2.50. The lowest BCUT2D eigenvalue weighted by molar-refractivity contribution is -0.141. The summed E-state index contributed by atoms with van der Waals surface area (Å²) in [7, 11) is -4.38. The van der Waals surface area contributed by atoms with Gasteiger partial charge in [0.2, 0.25) is 0 Å². The van der Waals surface area contributed by atoms with E-state index in [1.807, 2.05) is 0 Å². The van der Waals surface area contributed by atoms with Crippen LogP contribution in [0.4, 0.5) is 0 Å². The van der Waals surface area contributed by atoms with E-state index in [2.05, 4.69) is 0 Å². The fraction of sp³-hybridized carbons (Fsp3) is 0.750. The zero-order valence-electron chi connectivity index (χ0n) is 5.81. The standard InChI is InChI=1S/C4H8N2O4S/c1-4(5)2-6(3(4)7)11(8,9)10/h2,5H2,1H3,(H,8,9,10)/t4-/m1/s1. The summed E-state index contributed by atoms with van der Waals surface area (Å²) in [5, 5.41) is 0. The maximum Gasteiger partial charge on any atom is 0.362 e. The first-order valence-electron chi connectivity index (χ1n) is 2.83. The Hall–Kier alpha value is -0.660. The number of amides is 1. The quantitative estimate of drug-likeness (QED) is 0.372. The first kappa shape index (κ1) is 8.44. The van der Waals surface area contributed by atoms with Crippen LogP contribution in [0.1, 0.15) is 6.92 Å². The normalized spacial score (nSPS) is 31.9. The molecule has 1 heterocycles. The molecule has 1 aliphatic heterocycles. The molecule has 1 rings (SSSR count). The molecule has 3 N–H and O–H groups in total. The molecule has 0 bridgehead atoms. The van der Waals surface area contributed by atoms with Crippen LogP contribution in [0.2, 0.25) is 0 Å². The Morgan fingerprint density at radius 3 is 2.27 bits per heavy atom. The molecule has 0 radical (unpaired) electrons. The number of β-lactam (4-membered cyclic amide) rings is 1. The van der Waals surface area contributed by atoms with Gasteiger partial charge in [-0.2, -0.15) is 8.42 Å². The monoisotopic (exact) mass is 180 g/mol. The van der Waals surface area contributed by atoms with Crippen molar-refractivity contribution in [1.82, 2.24) is 4.31 Å². The predicted octanol–water partition coefficient (Wildman–Crippen LogP) is -1.65. The van der Waals surface area contributed by atoms with Crippen molar-refractivity contribution < 1.29 is 17.8 Å². The SMILES string of the molecule is C[C@@]1(N)CN(S(=O)(=O)O)C1=O. The van der Waals surface area contributed by atoms with E-state index in [0.717, 1.165) is 0 Å². The number of hydrogen-bond donors (Lipinski definition) is 2. The Bertz CT molecular complexity index is 293. The summed E-state index contributed by atoms with van der Waals surface area (Å²) in [6, 6.07) is 0. The van der Waals surface area contributed by atoms with Gasteiger partial charge in [0.1, 0.15) is 5.54 Å². The van der Waals surface area contributed by atoms with E-state index in [1.54, 1.807) is 0 Å². The lowest BCUT2D eigenvalue weighted by Gasteiger charge is -2.40. The topological polar surface area (TPSA) is 101 Å². The third-order valence-corrected chi connectivity index (χ3v) is 2.32. The lowest BCUT2D eigenvalue weighted by Crippen LogP contribution is -2.71. The van der Waals surface area contributed by atoms with E-state index in [9.17, 15) is 13.2 Å². The molecule has 1 atom stereocenters. The molecule has 1 fully saturated rings. The largest absolute Gasteiger partial charge is 0.362 e. The van der Waals surface area contributed by atoms with Crippen LogP contribution in [0.3, 0.4) is 0 Å². The molecule has 7 heteroatoms. The fourth-order valence-corrected chi connectivity index (χ4v) is 1.67. The minimum atomic E-state index is -4.38. The number of nitrogens with zero attached hydrogens (tertiary/aromatic N) is 1. The molecule has 1 amide bonds. The molecule has 11 heavy (non-hydrogen) atoms. The minimum absolute atomic E-state index is 0.162. The van der Waals surface area contributed by atoms with Crippen LogP contribution in [0, 0.1) is 0 Å². The maximum atomic E-state index is 10.8. The fourth-order valence-electron chi connectivity index (χ4n) is 0.818. The molecule has 0 aromatic rings. The first-order valence-corrected chi connectivity index (χ1v) is 4.23. The van der Waals surface area contributed by atoms with Crippen molar-refractivity contribution in [3.05, 3.63) is 0 Å². The second-order valence-electron chi connectivity index (χ2n) is 2.71. The second-order valence-corrected chi connectivity index (χ2v) is 4.04. The molecule has 0 saturated carbocycles. The van der Waals surface area contributed by atoms with Crippen molar-refractivity contribution in [3.8, 4) is 0 Å². The van der Waals surface area contributed by atoms with E-state index >= 15 is 0 Å². The molecule has 0 aromatic carbocycles. The summed E-state index contributed by atoms with van der Waals surface area (Å²) in [5.74, 6) is -0.778. The van der Waals surface area contributed by atoms with Gasteiger partial charge in [-0.25, -0.2) is 4.31 Å². The lowest BCUT2D eigenvalue weighted by atomic mass is 9.96. The van der Waals surface area contributed by atoms with Gasteiger partial charge in [-0.1, -0.05) is 0 Å². The Morgan fingerprint density at radius 1 is 1.73 bits per heavy atom. The second kappa shape index (κ2) is 1.93. The van der Waals surface area contributed by atoms with Gasteiger partial charge in [-0.15, -0.1) is 0 Å². The predicted molar refractivity (Wildman–Crippen MR) is 35.9 cm³/mol. The van der Waals surface area contributed by atoms with E-state index in [1.165, 1.54) is 6.92 Å². The van der Waals surface area contributed by atoms with Gasteiger partial charge >= 0.3 is 10.3 Å². The van der Waals surface area contributed by atoms with E-state index in [4.69, 9.17) is 10.3 Å². The average molecular weight is 180 g/mol. The molecule has 0 aromatic heterocycles. The van der Waals surface area contributed by atoms with E-state index in [0.29, 0.717) is 4.31 Å². The molecular formula is C4H8N2O4S. The third kappa shape index (κ3) is 1.22. The van der Waals surface area contributed by atoms with Crippen LogP contribution < -0.4 is 5.73 Å². The van der Waals surface area contributed by atoms with Crippen LogP contribution in [-0.4, -0.2) is 35.3 Å². The van der Waals surface area contributed by atoms with Crippen LogP contribution in [-0.2, 0) is 15.1 Å². The Labute approximate surface area is 63.9 Å². The molecule has 0 unspecified atom stereocenters. The molecule has 0 aliphatic carbocycles. The summed E-state index contributed by atoms with van der Waals surface area (Å²) >= 11 is 0. The number of rotatable bonds is 1. The third-order valence-electron chi connectivity index (χ3n) is 1.47. The smallest absolute Gasteiger partial charge is 0.316 e. The Balaban J connectivity index is 2.83. The highest BCUT2D eigenvalue weighted by Crippen LogP contribution is 2.21. The summed E-state index contributed by atoms with van der Waals surface area (Å²) < 4.78 is 29.3. The molecular weight excluding hydrogens is 172 g/mol. The average Bonchev–Trinajstić information content (AvgIpc) is 1.80. The minimum Gasteiger partial charge on any atom is -0.316 e. The molecule has 1 aliphatic rings. The molecule has 64 valence electrons. The van der Waals surface area contributed by atoms with Crippen molar-refractivity contribution >= 4 is 16.2 Å². The van der Waals surface area contributed by atoms with Crippen molar-refractivity contribution in [1.29, 1.82) is 0 Å². The van der Waals surface area contributed by atoms with E-state index < -0.39 is 21.8 Å². The number of nitrogens with two attached hydrogens (primary N) is 1. The highest BCUT2D eigenvalue weighted by atomic mass is 32.2. The van der Waals surface area contributed by atoms with Crippen molar-refractivity contribution in [2.24, 2.45) is 5.73 Å². The van der Waals surface area contributed by atoms with Crippen molar-refractivity contribution in [2.75, 3.05) is 6.54 Å². The van der Waals surface area contributed by atoms with Gasteiger partial charge in [0, 0.05) is 0 Å². The molecule has 6 nitrogen and oxygen atoms in total. The Morgan fingerprint density at radius 2 is 2.18 bits per heavy atom. The molecule has 0 spiro atoms. The highest BCUT2D eigenvalue weighted by molar-refractivity contribution is 7.84.